The number of ether oxygens (including phenoxy) is 1. The number of hydrogen-bond donors (Lipinski definition) is 2. The molecule has 1 unspecified atom stereocenters. The van der Waals surface area contributed by atoms with Gasteiger partial charge in [0.2, 0.25) is 0 Å². The van der Waals surface area contributed by atoms with Crippen LogP contribution in [0.25, 0.3) is 0 Å². The van der Waals surface area contributed by atoms with E-state index in [9.17, 15) is 4.39 Å². The van der Waals surface area contributed by atoms with Crippen LogP contribution < -0.4 is 20.3 Å². The Morgan fingerprint density at radius 3 is 2.87 bits per heavy atom. The molecular weight excluding hydrogens is 520 g/mol. The highest BCUT2D eigenvalue weighted by atomic mass is 127. The second-order valence-corrected chi connectivity index (χ2v) is 7.17. The molecular formula is C21H24ClFIN5O. The zero-order chi connectivity index (χ0) is 20.8. The van der Waals surface area contributed by atoms with Crippen molar-refractivity contribution in [1.29, 1.82) is 5.26 Å². The van der Waals surface area contributed by atoms with Crippen molar-refractivity contribution in [3.63, 3.8) is 0 Å². The molecule has 1 aliphatic rings. The molecule has 2 aromatic rings. The molecule has 0 aromatic heterocycles. The molecule has 2 aromatic carbocycles. The van der Waals surface area contributed by atoms with Gasteiger partial charge in [-0.2, -0.15) is 5.26 Å². The van der Waals surface area contributed by atoms with E-state index in [1.54, 1.807) is 20.2 Å². The highest BCUT2D eigenvalue weighted by Crippen LogP contribution is 2.33. The molecule has 6 nitrogen and oxygen atoms in total. The van der Waals surface area contributed by atoms with E-state index in [4.69, 9.17) is 21.6 Å². The summed E-state index contributed by atoms with van der Waals surface area (Å²) in [6, 6.07) is 12.1. The first kappa shape index (κ1) is 24.0. The van der Waals surface area contributed by atoms with E-state index in [2.05, 4.69) is 20.5 Å². The molecule has 1 saturated heterocycles. The third-order valence-corrected chi connectivity index (χ3v) is 5.09. The normalized spacial score (nSPS) is 15.9. The van der Waals surface area contributed by atoms with Gasteiger partial charge in [0.05, 0.1) is 24.4 Å². The molecule has 0 radical (unpaired) electrons. The number of nitrogens with zero attached hydrogens (tertiary/aromatic N) is 3. The third kappa shape index (κ3) is 5.89. The summed E-state index contributed by atoms with van der Waals surface area (Å²) >= 11 is 6.15. The fourth-order valence-electron chi connectivity index (χ4n) is 3.35. The van der Waals surface area contributed by atoms with Crippen molar-refractivity contribution in [3.8, 4) is 11.8 Å². The maximum atomic E-state index is 14.0. The smallest absolute Gasteiger partial charge is 0.191 e. The summed E-state index contributed by atoms with van der Waals surface area (Å²) in [5, 5.41) is 16.1. The Bertz CT molecular complexity index is 949. The quantitative estimate of drug-likeness (QED) is 0.340. The van der Waals surface area contributed by atoms with Gasteiger partial charge in [-0.25, -0.2) is 4.39 Å². The number of halogens is 3. The van der Waals surface area contributed by atoms with Crippen LogP contribution in [0.3, 0.4) is 0 Å². The summed E-state index contributed by atoms with van der Waals surface area (Å²) in [5.41, 5.74) is 1.80. The summed E-state index contributed by atoms with van der Waals surface area (Å²) in [5.74, 6) is 1.01. The summed E-state index contributed by atoms with van der Waals surface area (Å²) in [4.78, 5) is 6.44. The highest BCUT2D eigenvalue weighted by molar-refractivity contribution is 14.0. The van der Waals surface area contributed by atoms with Gasteiger partial charge >= 0.3 is 0 Å². The van der Waals surface area contributed by atoms with Crippen LogP contribution >= 0.6 is 35.6 Å². The Kier molecular flexibility index (Phi) is 8.99. The number of rotatable bonds is 5. The molecule has 1 atom stereocenters. The van der Waals surface area contributed by atoms with Gasteiger partial charge in [-0.05, 0) is 42.8 Å². The Morgan fingerprint density at radius 1 is 1.37 bits per heavy atom. The predicted octanol–water partition coefficient (Wildman–Crippen LogP) is 3.92. The summed E-state index contributed by atoms with van der Waals surface area (Å²) < 4.78 is 19.4. The van der Waals surface area contributed by atoms with E-state index >= 15 is 0 Å². The number of hydrogen-bond acceptors (Lipinski definition) is 4. The number of nitrogens with one attached hydrogen (secondary N) is 2. The van der Waals surface area contributed by atoms with Crippen molar-refractivity contribution in [3.05, 3.63) is 58.4 Å². The molecule has 160 valence electrons. The average Bonchev–Trinajstić information content (AvgIpc) is 3.20. The maximum Gasteiger partial charge on any atom is 0.191 e. The number of nitriles is 1. The van der Waals surface area contributed by atoms with E-state index in [1.807, 2.05) is 24.3 Å². The first-order valence-electron chi connectivity index (χ1n) is 9.28. The lowest BCUT2D eigenvalue weighted by molar-refractivity contribution is 0.415. The molecule has 9 heteroatoms. The molecule has 1 aliphatic heterocycles. The first-order chi connectivity index (χ1) is 14.0. The van der Waals surface area contributed by atoms with Crippen LogP contribution in [0.5, 0.6) is 5.75 Å². The maximum absolute atomic E-state index is 14.0. The van der Waals surface area contributed by atoms with Crippen LogP contribution in [0, 0.1) is 17.1 Å². The van der Waals surface area contributed by atoms with Gasteiger partial charge in [-0.1, -0.05) is 11.6 Å². The van der Waals surface area contributed by atoms with Crippen LogP contribution in [0.1, 0.15) is 17.5 Å². The van der Waals surface area contributed by atoms with E-state index in [1.165, 1.54) is 12.1 Å². The fourth-order valence-corrected chi connectivity index (χ4v) is 3.52. The largest absolute Gasteiger partial charge is 0.495 e. The number of guanidine groups is 1. The predicted molar refractivity (Wildman–Crippen MR) is 128 cm³/mol. The van der Waals surface area contributed by atoms with Crippen LogP contribution in [0.2, 0.25) is 5.02 Å². The molecule has 0 amide bonds. The zero-order valence-corrected chi connectivity index (χ0v) is 19.9. The Labute approximate surface area is 198 Å². The SMILES string of the molecule is CN=C(NCc1cc(C#N)ccc1F)NC1CCN(c2cc(Cl)ccc2OC)C1.I. The molecule has 0 aliphatic carbocycles. The minimum Gasteiger partial charge on any atom is -0.495 e. The molecule has 0 bridgehead atoms. The van der Waals surface area contributed by atoms with Crippen LogP contribution in [-0.4, -0.2) is 39.2 Å². The van der Waals surface area contributed by atoms with Gasteiger partial charge < -0.3 is 20.3 Å². The van der Waals surface area contributed by atoms with E-state index in [0.717, 1.165) is 30.9 Å². The Hall–Kier alpha value is -2.25. The Balaban J connectivity index is 0.00000320. The van der Waals surface area contributed by atoms with Crippen molar-refractivity contribution < 1.29 is 9.13 Å². The van der Waals surface area contributed by atoms with Crippen LogP contribution in [0.4, 0.5) is 10.1 Å². The van der Waals surface area contributed by atoms with E-state index in [-0.39, 0.29) is 42.4 Å². The van der Waals surface area contributed by atoms with Crippen molar-refractivity contribution in [2.45, 2.75) is 19.0 Å². The zero-order valence-electron chi connectivity index (χ0n) is 16.8. The van der Waals surface area contributed by atoms with Crippen molar-refractivity contribution in [1.82, 2.24) is 10.6 Å². The minimum absolute atomic E-state index is 0. The third-order valence-electron chi connectivity index (χ3n) is 4.86. The lowest BCUT2D eigenvalue weighted by atomic mass is 10.1. The van der Waals surface area contributed by atoms with Crippen LogP contribution in [0.15, 0.2) is 41.4 Å². The molecule has 0 saturated carbocycles. The molecule has 30 heavy (non-hydrogen) atoms. The molecule has 1 fully saturated rings. The Morgan fingerprint density at radius 2 is 2.17 bits per heavy atom. The lowest BCUT2D eigenvalue weighted by Gasteiger charge is -2.22. The van der Waals surface area contributed by atoms with Gasteiger partial charge in [-0.3, -0.25) is 4.99 Å². The number of aliphatic imine (C=N–C) groups is 1. The number of benzene rings is 2. The van der Waals surface area contributed by atoms with Crippen molar-refractivity contribution >= 4 is 47.2 Å². The summed E-state index contributed by atoms with van der Waals surface area (Å²) in [6.07, 6.45) is 0.911. The van der Waals surface area contributed by atoms with Gasteiger partial charge in [0.25, 0.3) is 0 Å². The van der Waals surface area contributed by atoms with Crippen molar-refractivity contribution in [2.75, 3.05) is 32.1 Å². The van der Waals surface area contributed by atoms with Gasteiger partial charge in [0.1, 0.15) is 11.6 Å². The average molecular weight is 544 g/mol. The molecule has 0 spiro atoms. The van der Waals surface area contributed by atoms with Gasteiger partial charge in [-0.15, -0.1) is 24.0 Å². The van der Waals surface area contributed by atoms with E-state index in [0.29, 0.717) is 22.1 Å². The van der Waals surface area contributed by atoms with E-state index < -0.39 is 0 Å². The van der Waals surface area contributed by atoms with Gasteiger partial charge in [0, 0.05) is 43.3 Å². The lowest BCUT2D eigenvalue weighted by Crippen LogP contribution is -2.44. The monoisotopic (exact) mass is 543 g/mol. The summed E-state index contributed by atoms with van der Waals surface area (Å²) in [6.45, 7) is 1.85. The first-order valence-corrected chi connectivity index (χ1v) is 9.66. The minimum atomic E-state index is -0.355. The standard InChI is InChI=1S/C21H23ClFN5O.HI/c1-25-21(26-12-15-9-14(11-24)3-5-18(15)23)27-17-7-8-28(13-17)19-10-16(22)4-6-20(19)29-2;/h3-6,9-10,17H,7-8,12-13H2,1-2H3,(H2,25,26,27);1H. The second-order valence-electron chi connectivity index (χ2n) is 6.74. The van der Waals surface area contributed by atoms with Crippen LogP contribution in [-0.2, 0) is 6.54 Å². The highest BCUT2D eigenvalue weighted by Gasteiger charge is 2.25. The number of methoxy groups -OCH3 is 1. The fraction of sp³-hybridized carbons (Fsp3) is 0.333. The number of anilines is 1. The molecule has 3 rings (SSSR count). The molecule has 1 heterocycles. The topological polar surface area (TPSA) is 72.7 Å². The second kappa shape index (κ2) is 11.2. The van der Waals surface area contributed by atoms with Crippen molar-refractivity contribution in [2.24, 2.45) is 4.99 Å². The summed E-state index contributed by atoms with van der Waals surface area (Å²) in [7, 11) is 3.31. The van der Waals surface area contributed by atoms with Gasteiger partial charge in [0.15, 0.2) is 5.96 Å². The molecule has 2 N–H and O–H groups in total.